The van der Waals surface area contributed by atoms with Crippen LogP contribution in [0.1, 0.15) is 44.7 Å². The van der Waals surface area contributed by atoms with E-state index in [1.165, 1.54) is 0 Å². The molecule has 0 bridgehead atoms. The highest BCUT2D eigenvalue weighted by Gasteiger charge is 2.38. The van der Waals surface area contributed by atoms with Gasteiger partial charge >= 0.3 is 12.0 Å². The van der Waals surface area contributed by atoms with Gasteiger partial charge in [0.15, 0.2) is 0 Å². The van der Waals surface area contributed by atoms with Crippen LogP contribution in [-0.2, 0) is 14.3 Å². The molecule has 1 fully saturated rings. The van der Waals surface area contributed by atoms with Gasteiger partial charge in [-0.15, -0.1) is 0 Å². The van der Waals surface area contributed by atoms with Crippen molar-refractivity contribution in [2.75, 3.05) is 19.8 Å². The Morgan fingerprint density at radius 2 is 2.11 bits per heavy atom. The van der Waals surface area contributed by atoms with Gasteiger partial charge in [-0.3, -0.25) is 4.79 Å². The molecule has 146 valence electrons. The van der Waals surface area contributed by atoms with E-state index in [0.29, 0.717) is 18.9 Å². The largest absolute Gasteiger partial charge is 0.494 e. The SMILES string of the molecule is CCCOc1ccc(C2NC(=O)N=C(C)C2C(=O)OCC2CCCO2)cc1. The minimum atomic E-state index is -0.661. The van der Waals surface area contributed by atoms with Crippen LogP contribution in [-0.4, -0.2) is 43.6 Å². The lowest BCUT2D eigenvalue weighted by atomic mass is 9.88. The minimum absolute atomic E-state index is 0.0437. The second-order valence-electron chi connectivity index (χ2n) is 6.84. The van der Waals surface area contributed by atoms with E-state index in [4.69, 9.17) is 14.2 Å². The lowest BCUT2D eigenvalue weighted by molar-refractivity contribution is -0.150. The summed E-state index contributed by atoms with van der Waals surface area (Å²) < 4.78 is 16.6. The number of benzene rings is 1. The number of carbonyl (C=O) groups excluding carboxylic acids is 2. The molecule has 0 radical (unpaired) electrons. The Hall–Kier alpha value is -2.41. The highest BCUT2D eigenvalue weighted by Crippen LogP contribution is 2.29. The van der Waals surface area contributed by atoms with Gasteiger partial charge < -0.3 is 19.5 Å². The van der Waals surface area contributed by atoms with E-state index in [-0.39, 0.29) is 12.7 Å². The van der Waals surface area contributed by atoms with Crippen molar-refractivity contribution in [3.8, 4) is 5.75 Å². The molecule has 0 spiro atoms. The summed E-state index contributed by atoms with van der Waals surface area (Å²) in [5.74, 6) is -0.305. The van der Waals surface area contributed by atoms with Crippen molar-refractivity contribution in [3.05, 3.63) is 29.8 Å². The number of rotatable bonds is 7. The van der Waals surface area contributed by atoms with Crippen LogP contribution >= 0.6 is 0 Å². The van der Waals surface area contributed by atoms with Crippen LogP contribution < -0.4 is 10.1 Å². The van der Waals surface area contributed by atoms with Crippen LogP contribution in [0.5, 0.6) is 5.75 Å². The number of esters is 1. The lowest BCUT2D eigenvalue weighted by Crippen LogP contribution is -2.44. The number of nitrogens with zero attached hydrogens (tertiary/aromatic N) is 1. The number of urea groups is 1. The standard InChI is InChI=1S/C20H26N2O5/c1-3-10-25-15-8-6-14(7-9-15)18-17(13(2)21-20(24)22-18)19(23)27-12-16-5-4-11-26-16/h6-9,16-18H,3-5,10-12H2,1-2H3,(H,22,24). The summed E-state index contributed by atoms with van der Waals surface area (Å²) in [5, 5.41) is 2.79. The van der Waals surface area contributed by atoms with E-state index in [0.717, 1.165) is 30.6 Å². The van der Waals surface area contributed by atoms with Crippen molar-refractivity contribution in [2.45, 2.75) is 45.3 Å². The van der Waals surface area contributed by atoms with Crippen LogP contribution in [0.3, 0.4) is 0 Å². The van der Waals surface area contributed by atoms with Gasteiger partial charge in [0, 0.05) is 12.3 Å². The van der Waals surface area contributed by atoms with Gasteiger partial charge in [0.2, 0.25) is 0 Å². The zero-order valence-corrected chi connectivity index (χ0v) is 15.8. The number of nitrogens with one attached hydrogen (secondary N) is 1. The number of amides is 2. The monoisotopic (exact) mass is 374 g/mol. The summed E-state index contributed by atoms with van der Waals surface area (Å²) in [6.07, 6.45) is 2.76. The molecule has 3 rings (SSSR count). The predicted molar refractivity (Wildman–Crippen MR) is 100 cm³/mol. The number of carbonyl (C=O) groups is 2. The van der Waals surface area contributed by atoms with Crippen LogP contribution in [0.2, 0.25) is 0 Å². The Morgan fingerprint density at radius 1 is 1.33 bits per heavy atom. The molecule has 1 aromatic rings. The zero-order chi connectivity index (χ0) is 19.2. The first-order chi connectivity index (χ1) is 13.1. The number of hydrogen-bond acceptors (Lipinski definition) is 5. The fraction of sp³-hybridized carbons (Fsp3) is 0.550. The van der Waals surface area contributed by atoms with Crippen LogP contribution in [0.4, 0.5) is 4.79 Å². The maximum Gasteiger partial charge on any atom is 0.341 e. The molecule has 1 saturated heterocycles. The van der Waals surface area contributed by atoms with E-state index < -0.39 is 24.0 Å². The first-order valence-electron chi connectivity index (χ1n) is 9.45. The van der Waals surface area contributed by atoms with Crippen LogP contribution in [0.15, 0.2) is 29.3 Å². The maximum absolute atomic E-state index is 12.7. The highest BCUT2D eigenvalue weighted by molar-refractivity contribution is 6.08. The molecule has 2 heterocycles. The Balaban J connectivity index is 1.73. The summed E-state index contributed by atoms with van der Waals surface area (Å²) in [7, 11) is 0. The minimum Gasteiger partial charge on any atom is -0.494 e. The molecule has 0 aromatic heterocycles. The van der Waals surface area contributed by atoms with E-state index >= 15 is 0 Å². The molecule has 1 aromatic carbocycles. The third kappa shape index (κ3) is 4.86. The Labute approximate surface area is 159 Å². The smallest absolute Gasteiger partial charge is 0.341 e. The highest BCUT2D eigenvalue weighted by atomic mass is 16.6. The normalized spacial score (nSPS) is 24.9. The van der Waals surface area contributed by atoms with Crippen molar-refractivity contribution in [1.82, 2.24) is 5.32 Å². The summed E-state index contributed by atoms with van der Waals surface area (Å²) in [5.41, 5.74) is 1.26. The van der Waals surface area contributed by atoms with Crippen molar-refractivity contribution in [1.29, 1.82) is 0 Å². The quantitative estimate of drug-likeness (QED) is 0.742. The van der Waals surface area contributed by atoms with Crippen molar-refractivity contribution in [2.24, 2.45) is 10.9 Å². The van der Waals surface area contributed by atoms with Gasteiger partial charge in [-0.25, -0.2) is 9.79 Å². The Bertz CT molecular complexity index is 695. The third-order valence-electron chi connectivity index (χ3n) is 4.74. The second-order valence-corrected chi connectivity index (χ2v) is 6.84. The molecular formula is C20H26N2O5. The van der Waals surface area contributed by atoms with Gasteiger partial charge in [0.25, 0.3) is 0 Å². The first-order valence-corrected chi connectivity index (χ1v) is 9.45. The van der Waals surface area contributed by atoms with Gasteiger partial charge in [0.1, 0.15) is 18.3 Å². The third-order valence-corrected chi connectivity index (χ3v) is 4.74. The number of aliphatic imine (C=N–C) groups is 1. The molecule has 27 heavy (non-hydrogen) atoms. The van der Waals surface area contributed by atoms with Crippen molar-refractivity contribution >= 4 is 17.7 Å². The van der Waals surface area contributed by atoms with E-state index in [1.807, 2.05) is 31.2 Å². The topological polar surface area (TPSA) is 86.2 Å². The summed E-state index contributed by atoms with van der Waals surface area (Å²) in [4.78, 5) is 28.5. The molecular weight excluding hydrogens is 348 g/mol. The van der Waals surface area contributed by atoms with Gasteiger partial charge in [-0.1, -0.05) is 19.1 Å². The molecule has 2 aliphatic heterocycles. The molecule has 0 saturated carbocycles. The molecule has 2 aliphatic rings. The van der Waals surface area contributed by atoms with Gasteiger partial charge in [-0.2, -0.15) is 0 Å². The average molecular weight is 374 g/mol. The van der Waals surface area contributed by atoms with Crippen molar-refractivity contribution < 1.29 is 23.8 Å². The van der Waals surface area contributed by atoms with Crippen LogP contribution in [0.25, 0.3) is 0 Å². The summed E-state index contributed by atoms with van der Waals surface area (Å²) in [6.45, 7) is 5.30. The van der Waals surface area contributed by atoms with E-state index in [9.17, 15) is 9.59 Å². The fourth-order valence-corrected chi connectivity index (χ4v) is 3.33. The summed E-state index contributed by atoms with van der Waals surface area (Å²) >= 11 is 0. The molecule has 7 nitrogen and oxygen atoms in total. The van der Waals surface area contributed by atoms with Crippen LogP contribution in [0, 0.1) is 5.92 Å². The number of ether oxygens (including phenoxy) is 3. The Kier molecular flexibility index (Phi) is 6.45. The van der Waals surface area contributed by atoms with Gasteiger partial charge in [-0.05, 0) is 43.9 Å². The molecule has 0 aliphatic carbocycles. The van der Waals surface area contributed by atoms with Gasteiger partial charge in [0.05, 0.1) is 18.8 Å². The fourth-order valence-electron chi connectivity index (χ4n) is 3.33. The van der Waals surface area contributed by atoms with Crippen molar-refractivity contribution in [3.63, 3.8) is 0 Å². The van der Waals surface area contributed by atoms with E-state index in [1.54, 1.807) is 6.92 Å². The molecule has 3 unspecified atom stereocenters. The summed E-state index contributed by atoms with van der Waals surface area (Å²) in [6, 6.07) is 6.42. The predicted octanol–water partition coefficient (Wildman–Crippen LogP) is 3.04. The maximum atomic E-state index is 12.7. The first kappa shape index (κ1) is 19.4. The zero-order valence-electron chi connectivity index (χ0n) is 15.8. The average Bonchev–Trinajstić information content (AvgIpc) is 3.18. The number of hydrogen-bond donors (Lipinski definition) is 1. The lowest BCUT2D eigenvalue weighted by Gasteiger charge is -2.30. The second kappa shape index (κ2) is 8.99. The Morgan fingerprint density at radius 3 is 2.78 bits per heavy atom. The van der Waals surface area contributed by atoms with E-state index in [2.05, 4.69) is 10.3 Å². The molecule has 1 N–H and O–H groups in total. The molecule has 2 amide bonds. The molecule has 3 atom stereocenters. The molecule has 7 heteroatoms.